The van der Waals surface area contributed by atoms with Gasteiger partial charge in [0.2, 0.25) is 0 Å². The molecule has 1 radical (unpaired) electrons. The number of hydrogen-bond donors (Lipinski definition) is 2. The third-order valence-corrected chi connectivity index (χ3v) is 4.77. The number of benzene rings is 3. The molecule has 2 N–H and O–H groups in total. The van der Waals surface area contributed by atoms with Crippen LogP contribution in [0.1, 0.15) is 10.4 Å². The van der Waals surface area contributed by atoms with Crippen molar-refractivity contribution in [3.63, 3.8) is 0 Å². The van der Waals surface area contributed by atoms with E-state index in [-0.39, 0.29) is 75.2 Å². The van der Waals surface area contributed by atoms with Crippen molar-refractivity contribution in [2.24, 2.45) is 0 Å². The molecule has 4 rings (SSSR count). The zero-order valence-electron chi connectivity index (χ0n) is 16.3. The fraction of sp³-hybridized carbons (Fsp3) is 0.0870. The van der Waals surface area contributed by atoms with E-state index in [1.165, 1.54) is 12.1 Å². The van der Waals surface area contributed by atoms with E-state index < -0.39 is 0 Å². The fourth-order valence-corrected chi connectivity index (χ4v) is 3.29. The number of carbonyl (C=O) groups is 1. The minimum absolute atomic E-state index is 0. The fourth-order valence-electron chi connectivity index (χ4n) is 3.29. The molecule has 0 aliphatic heterocycles. The van der Waals surface area contributed by atoms with Gasteiger partial charge in [0.05, 0.1) is 19.2 Å². The molecule has 0 bridgehead atoms. The molecule has 4 aromatic rings. The molecule has 0 fully saturated rings. The molecule has 1 heterocycles. The van der Waals surface area contributed by atoms with E-state index in [9.17, 15) is 15.0 Å². The first-order valence-corrected chi connectivity index (χ1v) is 8.83. The molecule has 0 saturated carbocycles. The van der Waals surface area contributed by atoms with Crippen LogP contribution in [-0.4, -0.2) is 79.1 Å². The van der Waals surface area contributed by atoms with Crippen molar-refractivity contribution in [1.82, 2.24) is 4.57 Å². The summed E-state index contributed by atoms with van der Waals surface area (Å²) in [6, 6.07) is 19.0. The summed E-state index contributed by atoms with van der Waals surface area (Å²) in [6.07, 6.45) is 1.94. The maximum absolute atomic E-state index is 12.7. The molecule has 3 aromatic carbocycles. The molecule has 29 heavy (non-hydrogen) atoms. The van der Waals surface area contributed by atoms with Crippen molar-refractivity contribution in [3.05, 3.63) is 78.5 Å². The summed E-state index contributed by atoms with van der Waals surface area (Å²) >= 11 is 0. The number of Topliss-reactive ketones (excluding diaryl/α,β-unsaturated/α-hetero) is 1. The molecule has 1 aromatic heterocycles. The van der Waals surface area contributed by atoms with Crippen LogP contribution < -0.4 is 4.74 Å². The number of phenolic OH excluding ortho intramolecular Hbond substituents is 2. The van der Waals surface area contributed by atoms with Crippen molar-refractivity contribution in [2.75, 3.05) is 7.11 Å². The van der Waals surface area contributed by atoms with Crippen LogP contribution in [0.5, 0.6) is 17.2 Å². The van der Waals surface area contributed by atoms with E-state index in [0.29, 0.717) is 11.3 Å². The average Bonchev–Trinajstić information content (AvgIpc) is 3.06. The molecule has 0 saturated heterocycles. The Bertz CT molecular complexity index is 1150. The summed E-state index contributed by atoms with van der Waals surface area (Å²) in [7, 11) is 1.61. The van der Waals surface area contributed by atoms with Crippen molar-refractivity contribution in [1.29, 1.82) is 0 Å². The Hall–Kier alpha value is -2.09. The topological polar surface area (TPSA) is 71.7 Å². The third-order valence-electron chi connectivity index (χ3n) is 4.77. The van der Waals surface area contributed by atoms with Crippen molar-refractivity contribution < 1.29 is 19.7 Å². The maximum atomic E-state index is 12.7. The third kappa shape index (κ3) is 4.57. The smallest absolute Gasteiger partial charge is 0.182 e. The number of hydrogen-bond acceptors (Lipinski definition) is 4. The Morgan fingerprint density at radius 1 is 0.931 bits per heavy atom. The Kier molecular flexibility index (Phi) is 6.82. The van der Waals surface area contributed by atoms with Crippen LogP contribution in [-0.2, 0) is 6.54 Å². The number of methoxy groups -OCH3 is 1. The van der Waals surface area contributed by atoms with Gasteiger partial charge in [-0.15, -0.1) is 0 Å². The van der Waals surface area contributed by atoms with Gasteiger partial charge in [-0.2, -0.15) is 0 Å². The zero-order valence-corrected chi connectivity index (χ0v) is 19.4. The zero-order chi connectivity index (χ0) is 19.7. The van der Waals surface area contributed by atoms with Gasteiger partial charge in [-0.05, 0) is 54.1 Å². The standard InChI is InChI=1S/C23H19NO4.K/c1-28-19-10-11-20-21(15-2-6-17(25)7-3-15)13-24(22(20)12-19)14-23(27)16-4-8-18(26)9-5-16;/h2-13,25-26H,14H2,1H3;. The Labute approximate surface area is 211 Å². The van der Waals surface area contributed by atoms with Crippen LogP contribution in [0.3, 0.4) is 0 Å². The van der Waals surface area contributed by atoms with Gasteiger partial charge in [0.25, 0.3) is 0 Å². The minimum atomic E-state index is -0.0584. The largest absolute Gasteiger partial charge is 0.508 e. The average molecular weight is 413 g/mol. The maximum Gasteiger partial charge on any atom is 0.182 e. The molecule has 0 spiro atoms. The Balaban J connectivity index is 0.00000240. The van der Waals surface area contributed by atoms with Gasteiger partial charge >= 0.3 is 0 Å². The van der Waals surface area contributed by atoms with Gasteiger partial charge in [0, 0.05) is 80.2 Å². The summed E-state index contributed by atoms with van der Waals surface area (Å²) in [5, 5.41) is 20.0. The molecule has 0 aliphatic carbocycles. The molecule has 0 aliphatic rings. The molecular formula is C23H19KNO4. The number of nitrogens with zero attached hydrogens (tertiary/aromatic N) is 1. The molecule has 0 atom stereocenters. The van der Waals surface area contributed by atoms with Gasteiger partial charge in [0.15, 0.2) is 5.78 Å². The number of fused-ring (bicyclic) bond motifs is 1. The number of carbonyl (C=O) groups excluding carboxylic acids is 1. The molecule has 0 unspecified atom stereocenters. The van der Waals surface area contributed by atoms with Crippen molar-refractivity contribution in [2.45, 2.75) is 6.54 Å². The SMILES string of the molecule is COc1ccc2c(-c3ccc(O)cc3)cn(CC(=O)c3ccc(O)cc3)c2c1.[K]. The Morgan fingerprint density at radius 2 is 1.55 bits per heavy atom. The molecular weight excluding hydrogens is 393 g/mol. The van der Waals surface area contributed by atoms with Gasteiger partial charge in [-0.25, -0.2) is 0 Å². The summed E-state index contributed by atoms with van der Waals surface area (Å²) in [4.78, 5) is 12.7. The van der Waals surface area contributed by atoms with Gasteiger partial charge < -0.3 is 19.5 Å². The monoisotopic (exact) mass is 412 g/mol. The number of ketones is 1. The van der Waals surface area contributed by atoms with E-state index in [0.717, 1.165) is 22.0 Å². The Morgan fingerprint density at radius 3 is 2.17 bits per heavy atom. The first-order valence-electron chi connectivity index (χ1n) is 8.83. The van der Waals surface area contributed by atoms with Crippen LogP contribution >= 0.6 is 0 Å². The van der Waals surface area contributed by atoms with Gasteiger partial charge in [-0.3, -0.25) is 4.79 Å². The second-order valence-electron chi connectivity index (χ2n) is 6.57. The predicted molar refractivity (Wildman–Crippen MR) is 114 cm³/mol. The van der Waals surface area contributed by atoms with E-state index in [1.807, 2.05) is 41.1 Å². The van der Waals surface area contributed by atoms with Crippen LogP contribution in [0.2, 0.25) is 0 Å². The summed E-state index contributed by atoms with van der Waals surface area (Å²) in [5.74, 6) is 0.983. The van der Waals surface area contributed by atoms with E-state index >= 15 is 0 Å². The van der Waals surface area contributed by atoms with Crippen molar-refractivity contribution in [3.8, 4) is 28.4 Å². The molecule has 141 valence electrons. The summed E-state index contributed by atoms with van der Waals surface area (Å²) in [6.45, 7) is 0.159. The van der Waals surface area contributed by atoms with E-state index in [4.69, 9.17) is 4.74 Å². The van der Waals surface area contributed by atoms with E-state index in [2.05, 4.69) is 0 Å². The van der Waals surface area contributed by atoms with E-state index in [1.54, 1.807) is 31.4 Å². The molecule has 0 amide bonds. The summed E-state index contributed by atoms with van der Waals surface area (Å²) in [5.41, 5.74) is 3.34. The first kappa shape index (κ1) is 21.6. The van der Waals surface area contributed by atoms with Gasteiger partial charge in [-0.1, -0.05) is 12.1 Å². The summed E-state index contributed by atoms with van der Waals surface area (Å²) < 4.78 is 7.25. The number of ether oxygens (including phenoxy) is 1. The second kappa shape index (κ2) is 9.15. The minimum Gasteiger partial charge on any atom is -0.508 e. The second-order valence-corrected chi connectivity index (χ2v) is 6.57. The number of rotatable bonds is 5. The van der Waals surface area contributed by atoms with Crippen LogP contribution in [0.4, 0.5) is 0 Å². The normalized spacial score (nSPS) is 10.5. The number of aromatic nitrogens is 1. The molecule has 5 nitrogen and oxygen atoms in total. The van der Waals surface area contributed by atoms with Crippen LogP contribution in [0.25, 0.3) is 22.0 Å². The van der Waals surface area contributed by atoms with Crippen LogP contribution in [0.15, 0.2) is 72.9 Å². The predicted octanol–water partition coefficient (Wildman–Crippen LogP) is 4.23. The van der Waals surface area contributed by atoms with Crippen molar-refractivity contribution >= 4 is 68.1 Å². The van der Waals surface area contributed by atoms with Crippen LogP contribution in [0, 0.1) is 0 Å². The number of phenols is 2. The van der Waals surface area contributed by atoms with Gasteiger partial charge in [0.1, 0.15) is 17.2 Å². The molecule has 6 heteroatoms. The number of aromatic hydroxyl groups is 2. The quantitative estimate of drug-likeness (QED) is 0.380. The first-order chi connectivity index (χ1) is 13.5.